The lowest BCUT2D eigenvalue weighted by Crippen LogP contribution is -2.48. The third-order valence-electron chi connectivity index (χ3n) is 3.49. The van der Waals surface area contributed by atoms with Gasteiger partial charge in [0.05, 0.1) is 5.54 Å². The van der Waals surface area contributed by atoms with Crippen molar-refractivity contribution in [3.8, 4) is 11.8 Å². The van der Waals surface area contributed by atoms with Gasteiger partial charge < -0.3 is 15.8 Å². The second-order valence-electron chi connectivity index (χ2n) is 5.73. The van der Waals surface area contributed by atoms with Crippen LogP contribution in [-0.2, 0) is 4.79 Å². The number of aryl methyl sites for hydroxylation is 1. The van der Waals surface area contributed by atoms with Crippen molar-refractivity contribution in [2.45, 2.75) is 39.2 Å². The van der Waals surface area contributed by atoms with Gasteiger partial charge in [0.15, 0.2) is 0 Å². The molecule has 1 aromatic heterocycles. The van der Waals surface area contributed by atoms with Crippen molar-refractivity contribution in [2.24, 2.45) is 5.73 Å². The maximum Gasteiger partial charge on any atom is 0.321 e. The molecule has 3 N–H and O–H groups in total. The molecule has 0 aliphatic rings. The number of anilines is 1. The minimum atomic E-state index is -0.881. The van der Waals surface area contributed by atoms with Gasteiger partial charge in [0.2, 0.25) is 5.91 Å². The first-order valence-corrected chi connectivity index (χ1v) is 7.58. The van der Waals surface area contributed by atoms with E-state index in [9.17, 15) is 4.79 Å². The predicted octanol–water partition coefficient (Wildman–Crippen LogP) is 3.46. The van der Waals surface area contributed by atoms with Gasteiger partial charge in [-0.2, -0.15) is 0 Å². The van der Waals surface area contributed by atoms with Crippen LogP contribution in [0.3, 0.4) is 0 Å². The average molecular weight is 351 g/mol. The highest BCUT2D eigenvalue weighted by Gasteiger charge is 2.27. The third kappa shape index (κ3) is 5.18. The molecule has 7 heteroatoms. The second-order valence-corrected chi connectivity index (χ2v) is 5.73. The number of benzene rings is 1. The summed E-state index contributed by atoms with van der Waals surface area (Å²) in [5, 5.41) is 2.88. The Bertz CT molecular complexity index is 678. The number of halogens is 1. The summed E-state index contributed by atoms with van der Waals surface area (Å²) in [6, 6.07) is 7.36. The van der Waals surface area contributed by atoms with Crippen LogP contribution >= 0.6 is 12.4 Å². The van der Waals surface area contributed by atoms with Crippen LogP contribution in [0.1, 0.15) is 32.3 Å². The summed E-state index contributed by atoms with van der Waals surface area (Å²) in [5.41, 5.74) is 6.75. The summed E-state index contributed by atoms with van der Waals surface area (Å²) in [5.74, 6) is 0.415. The van der Waals surface area contributed by atoms with Crippen LogP contribution in [0.15, 0.2) is 36.7 Å². The zero-order chi connectivity index (χ0) is 16.9. The number of nitrogens with one attached hydrogen (secondary N) is 1. The first-order valence-electron chi connectivity index (χ1n) is 7.58. The van der Waals surface area contributed by atoms with Gasteiger partial charge in [0.1, 0.15) is 5.75 Å². The number of ether oxygens (including phenoxy) is 1. The van der Waals surface area contributed by atoms with Crippen molar-refractivity contribution in [1.29, 1.82) is 0 Å². The number of aromatic nitrogens is 2. The number of amides is 1. The van der Waals surface area contributed by atoms with Gasteiger partial charge in [-0.25, -0.2) is 9.97 Å². The molecule has 0 spiro atoms. The minimum Gasteiger partial charge on any atom is -0.424 e. The molecule has 1 aromatic carbocycles. The Balaban J connectivity index is 0.00000288. The molecule has 6 nitrogen and oxygen atoms in total. The van der Waals surface area contributed by atoms with Gasteiger partial charge in [-0.05, 0) is 50.1 Å². The number of hydrogen-bond acceptors (Lipinski definition) is 5. The van der Waals surface area contributed by atoms with Gasteiger partial charge >= 0.3 is 6.01 Å². The zero-order valence-electron chi connectivity index (χ0n) is 14.1. The molecule has 0 bridgehead atoms. The van der Waals surface area contributed by atoms with Gasteiger partial charge in [-0.15, -0.1) is 12.4 Å². The van der Waals surface area contributed by atoms with E-state index in [-0.39, 0.29) is 24.3 Å². The molecule has 1 unspecified atom stereocenters. The summed E-state index contributed by atoms with van der Waals surface area (Å²) in [4.78, 5) is 20.3. The van der Waals surface area contributed by atoms with Gasteiger partial charge in [-0.1, -0.05) is 13.3 Å². The summed E-state index contributed by atoms with van der Waals surface area (Å²) in [7, 11) is 0. The molecule has 24 heavy (non-hydrogen) atoms. The van der Waals surface area contributed by atoms with Crippen LogP contribution in [0.2, 0.25) is 0 Å². The van der Waals surface area contributed by atoms with E-state index in [4.69, 9.17) is 10.5 Å². The molecular weight excluding hydrogens is 328 g/mol. The molecule has 1 amide bonds. The topological polar surface area (TPSA) is 90.1 Å². The molecule has 2 aromatic rings. The van der Waals surface area contributed by atoms with Crippen molar-refractivity contribution in [3.63, 3.8) is 0 Å². The van der Waals surface area contributed by atoms with E-state index in [2.05, 4.69) is 15.3 Å². The maximum absolute atomic E-state index is 12.3. The van der Waals surface area contributed by atoms with E-state index in [0.717, 1.165) is 12.0 Å². The fourth-order valence-electron chi connectivity index (χ4n) is 2.18. The lowest BCUT2D eigenvalue weighted by molar-refractivity contribution is -0.120. The van der Waals surface area contributed by atoms with E-state index >= 15 is 0 Å². The number of carbonyl (C=O) groups excluding carboxylic acids is 1. The second kappa shape index (κ2) is 8.61. The Labute approximate surface area is 148 Å². The number of nitrogens with two attached hydrogens (primary N) is 1. The Morgan fingerprint density at radius 2 is 2.00 bits per heavy atom. The minimum absolute atomic E-state index is 0. The summed E-state index contributed by atoms with van der Waals surface area (Å²) in [6.45, 7) is 5.63. The molecule has 1 atom stereocenters. The zero-order valence-corrected chi connectivity index (χ0v) is 14.9. The van der Waals surface area contributed by atoms with Crippen molar-refractivity contribution in [3.05, 3.63) is 42.2 Å². The quantitative estimate of drug-likeness (QED) is 0.832. The first-order chi connectivity index (χ1) is 10.9. The normalized spacial score (nSPS) is 12.7. The van der Waals surface area contributed by atoms with E-state index in [0.29, 0.717) is 17.9 Å². The van der Waals surface area contributed by atoms with Crippen molar-refractivity contribution < 1.29 is 9.53 Å². The highest BCUT2D eigenvalue weighted by Crippen LogP contribution is 2.25. The lowest BCUT2D eigenvalue weighted by Gasteiger charge is -2.23. The van der Waals surface area contributed by atoms with Crippen LogP contribution in [0.4, 0.5) is 5.69 Å². The van der Waals surface area contributed by atoms with E-state index in [1.807, 2.05) is 19.9 Å². The number of rotatable bonds is 6. The van der Waals surface area contributed by atoms with Gasteiger partial charge in [0.25, 0.3) is 0 Å². The molecule has 0 saturated carbocycles. The van der Waals surface area contributed by atoms with Gasteiger partial charge in [-0.3, -0.25) is 4.79 Å². The highest BCUT2D eigenvalue weighted by molar-refractivity contribution is 5.98. The van der Waals surface area contributed by atoms with Gasteiger partial charge in [0, 0.05) is 18.1 Å². The SMILES string of the molecule is CCCC(C)(N)C(=O)Nc1ccc(Oc2ncccn2)cc1C.Cl. The highest BCUT2D eigenvalue weighted by atomic mass is 35.5. The van der Waals surface area contributed by atoms with Crippen LogP contribution < -0.4 is 15.8 Å². The molecule has 130 valence electrons. The van der Waals surface area contributed by atoms with E-state index < -0.39 is 5.54 Å². The molecule has 0 aliphatic heterocycles. The molecule has 0 saturated heterocycles. The van der Waals surface area contributed by atoms with E-state index in [1.54, 1.807) is 37.5 Å². The van der Waals surface area contributed by atoms with Crippen LogP contribution in [0.25, 0.3) is 0 Å². The van der Waals surface area contributed by atoms with Crippen molar-refractivity contribution >= 4 is 24.0 Å². The van der Waals surface area contributed by atoms with Crippen LogP contribution in [0.5, 0.6) is 11.8 Å². The first kappa shape index (κ1) is 19.9. The number of carbonyl (C=O) groups is 1. The summed E-state index contributed by atoms with van der Waals surface area (Å²) >= 11 is 0. The molecule has 0 fully saturated rings. The number of nitrogens with zero attached hydrogens (tertiary/aromatic N) is 2. The Morgan fingerprint density at radius 3 is 2.58 bits per heavy atom. The fraction of sp³-hybridized carbons (Fsp3) is 0.353. The predicted molar refractivity (Wildman–Crippen MR) is 96.7 cm³/mol. The Morgan fingerprint density at radius 1 is 1.33 bits per heavy atom. The Hall–Kier alpha value is -2.18. The molecule has 0 radical (unpaired) electrons. The summed E-state index contributed by atoms with van der Waals surface area (Å²) < 4.78 is 5.57. The monoisotopic (exact) mass is 350 g/mol. The molecule has 0 aliphatic carbocycles. The van der Waals surface area contributed by atoms with Crippen molar-refractivity contribution in [2.75, 3.05) is 5.32 Å². The largest absolute Gasteiger partial charge is 0.424 e. The molecule has 2 rings (SSSR count). The lowest BCUT2D eigenvalue weighted by atomic mass is 9.96. The summed E-state index contributed by atoms with van der Waals surface area (Å²) in [6.07, 6.45) is 4.70. The fourth-order valence-corrected chi connectivity index (χ4v) is 2.18. The standard InChI is InChI=1S/C17H22N4O2.ClH/c1-4-8-17(3,18)15(22)21-14-7-6-13(11-12(14)2)23-16-19-9-5-10-20-16;/h5-7,9-11H,4,8,18H2,1-3H3,(H,21,22);1H. The average Bonchev–Trinajstić information content (AvgIpc) is 2.51. The maximum atomic E-state index is 12.3. The Kier molecular flexibility index (Phi) is 7.13. The molecular formula is C17H23ClN4O2. The van der Waals surface area contributed by atoms with E-state index in [1.165, 1.54) is 0 Å². The third-order valence-corrected chi connectivity index (χ3v) is 3.49. The van der Waals surface area contributed by atoms with Crippen LogP contribution in [0, 0.1) is 6.92 Å². The number of hydrogen-bond donors (Lipinski definition) is 2. The molecule has 1 heterocycles. The smallest absolute Gasteiger partial charge is 0.321 e. The van der Waals surface area contributed by atoms with Crippen molar-refractivity contribution in [1.82, 2.24) is 9.97 Å². The van der Waals surface area contributed by atoms with Crippen LogP contribution in [-0.4, -0.2) is 21.4 Å².